The summed E-state index contributed by atoms with van der Waals surface area (Å²) in [7, 11) is 3.76. The lowest BCUT2D eigenvalue weighted by Crippen LogP contribution is -2.75. The molecule has 0 bridgehead atoms. The Kier molecular flexibility index (Phi) is 3.68. The standard InChI is InChI=1S/C21H29NO5/c1-5-22(3)15-12-13-6-7-14(24-4)17-16(13)19(2)18(27-17)21(25-10-11-26-21)9-8-20(15,19)23/h6-7,15,18,23H,5,8-12H2,1-4H3/t15-,18-,19+,20-/m1/s1. The number of nitrogens with zero attached hydrogens (tertiary/aromatic N) is 1. The highest BCUT2D eigenvalue weighted by atomic mass is 16.8. The summed E-state index contributed by atoms with van der Waals surface area (Å²) in [6.07, 6.45) is 1.65. The fourth-order valence-corrected chi connectivity index (χ4v) is 6.11. The zero-order chi connectivity index (χ0) is 19.0. The van der Waals surface area contributed by atoms with Crippen LogP contribution in [0.25, 0.3) is 0 Å². The van der Waals surface area contributed by atoms with Crippen molar-refractivity contribution in [3.05, 3.63) is 23.3 Å². The molecule has 1 aromatic rings. The normalized spacial score (nSPS) is 38.1. The summed E-state index contributed by atoms with van der Waals surface area (Å²) in [5.41, 5.74) is 0.753. The van der Waals surface area contributed by atoms with Crippen molar-refractivity contribution in [1.29, 1.82) is 0 Å². The van der Waals surface area contributed by atoms with Crippen LogP contribution in [0.4, 0.5) is 0 Å². The van der Waals surface area contributed by atoms with E-state index in [4.69, 9.17) is 18.9 Å². The van der Waals surface area contributed by atoms with E-state index < -0.39 is 22.9 Å². The molecule has 6 nitrogen and oxygen atoms in total. The highest BCUT2D eigenvalue weighted by molar-refractivity contribution is 5.62. The van der Waals surface area contributed by atoms with Gasteiger partial charge in [-0.3, -0.25) is 0 Å². The molecule has 1 aromatic carbocycles. The predicted molar refractivity (Wildman–Crippen MR) is 99.4 cm³/mol. The Morgan fingerprint density at radius 3 is 2.67 bits per heavy atom. The molecule has 4 atom stereocenters. The second-order valence-electron chi connectivity index (χ2n) is 8.56. The van der Waals surface area contributed by atoms with Gasteiger partial charge in [-0.05, 0) is 45.0 Å². The fraction of sp³-hybridized carbons (Fsp3) is 0.714. The smallest absolute Gasteiger partial charge is 0.207 e. The van der Waals surface area contributed by atoms with Crippen LogP contribution in [0.5, 0.6) is 11.5 Å². The van der Waals surface area contributed by atoms with Gasteiger partial charge in [0.25, 0.3) is 0 Å². The Balaban J connectivity index is 1.76. The Bertz CT molecular complexity index is 776. The maximum atomic E-state index is 12.2. The molecule has 6 heteroatoms. The zero-order valence-corrected chi connectivity index (χ0v) is 16.6. The van der Waals surface area contributed by atoms with E-state index in [1.165, 1.54) is 5.56 Å². The number of hydrogen-bond donors (Lipinski definition) is 1. The van der Waals surface area contributed by atoms with E-state index in [0.29, 0.717) is 31.8 Å². The molecule has 2 aliphatic carbocycles. The van der Waals surface area contributed by atoms with Crippen LogP contribution in [-0.2, 0) is 21.3 Å². The molecule has 1 N–H and O–H groups in total. The van der Waals surface area contributed by atoms with Crippen LogP contribution < -0.4 is 9.47 Å². The van der Waals surface area contributed by atoms with Crippen molar-refractivity contribution in [3.63, 3.8) is 0 Å². The van der Waals surface area contributed by atoms with E-state index in [-0.39, 0.29) is 6.04 Å². The minimum atomic E-state index is -0.923. The van der Waals surface area contributed by atoms with Crippen molar-refractivity contribution in [2.45, 2.75) is 62.1 Å². The van der Waals surface area contributed by atoms with Gasteiger partial charge in [0.05, 0.1) is 31.3 Å². The maximum absolute atomic E-state index is 12.2. The molecule has 4 aliphatic rings. The van der Waals surface area contributed by atoms with Gasteiger partial charge >= 0.3 is 0 Å². The number of likely N-dealkylation sites (N-methyl/N-ethyl adjacent to an activating group) is 1. The molecule has 2 aliphatic heterocycles. The van der Waals surface area contributed by atoms with Crippen LogP contribution >= 0.6 is 0 Å². The average Bonchev–Trinajstić information content (AvgIpc) is 3.27. The Morgan fingerprint density at radius 1 is 1.26 bits per heavy atom. The van der Waals surface area contributed by atoms with E-state index >= 15 is 0 Å². The first-order valence-corrected chi connectivity index (χ1v) is 9.99. The summed E-state index contributed by atoms with van der Waals surface area (Å²) in [6, 6.07) is 4.12. The van der Waals surface area contributed by atoms with Crippen molar-refractivity contribution in [2.24, 2.45) is 0 Å². The van der Waals surface area contributed by atoms with Gasteiger partial charge in [0.1, 0.15) is 0 Å². The highest BCUT2D eigenvalue weighted by Crippen LogP contribution is 2.65. The van der Waals surface area contributed by atoms with Gasteiger partial charge in [0, 0.05) is 18.0 Å². The Hall–Kier alpha value is -1.34. The quantitative estimate of drug-likeness (QED) is 0.870. The van der Waals surface area contributed by atoms with Gasteiger partial charge in [0.2, 0.25) is 5.79 Å². The highest BCUT2D eigenvalue weighted by Gasteiger charge is 2.74. The molecule has 2 fully saturated rings. The molecule has 1 spiro atoms. The molecule has 27 heavy (non-hydrogen) atoms. The number of benzene rings is 1. The second kappa shape index (κ2) is 5.60. The number of methoxy groups -OCH3 is 1. The number of rotatable bonds is 3. The predicted octanol–water partition coefficient (Wildman–Crippen LogP) is 1.86. The van der Waals surface area contributed by atoms with Crippen LogP contribution in [0.2, 0.25) is 0 Å². The molecule has 148 valence electrons. The molecule has 1 saturated carbocycles. The third kappa shape index (κ3) is 1.95. The van der Waals surface area contributed by atoms with Crippen LogP contribution in [-0.4, -0.2) is 67.5 Å². The van der Waals surface area contributed by atoms with Gasteiger partial charge in [0.15, 0.2) is 17.6 Å². The number of fused-ring (bicyclic) bond motifs is 1. The summed E-state index contributed by atoms with van der Waals surface area (Å²) in [4.78, 5) is 2.27. The van der Waals surface area contributed by atoms with E-state index in [9.17, 15) is 5.11 Å². The third-order valence-electron chi connectivity index (χ3n) is 7.63. The van der Waals surface area contributed by atoms with E-state index in [1.807, 2.05) is 6.07 Å². The fourth-order valence-electron chi connectivity index (χ4n) is 6.11. The lowest BCUT2D eigenvalue weighted by Gasteiger charge is -2.60. The van der Waals surface area contributed by atoms with Crippen molar-refractivity contribution in [3.8, 4) is 11.5 Å². The molecule has 0 radical (unpaired) electrons. The lowest BCUT2D eigenvalue weighted by atomic mass is 9.51. The summed E-state index contributed by atoms with van der Waals surface area (Å²) in [5.74, 6) is 0.663. The summed E-state index contributed by atoms with van der Waals surface area (Å²) < 4.78 is 24.4. The molecule has 0 unspecified atom stereocenters. The first kappa shape index (κ1) is 17.7. The molecule has 0 amide bonds. The first-order chi connectivity index (χ1) is 12.9. The van der Waals surface area contributed by atoms with Gasteiger partial charge in [-0.15, -0.1) is 0 Å². The topological polar surface area (TPSA) is 60.4 Å². The molecular formula is C21H29NO5. The van der Waals surface area contributed by atoms with Crippen LogP contribution in [0.1, 0.15) is 37.8 Å². The van der Waals surface area contributed by atoms with Crippen LogP contribution in [0.3, 0.4) is 0 Å². The van der Waals surface area contributed by atoms with E-state index in [1.54, 1.807) is 7.11 Å². The van der Waals surface area contributed by atoms with Gasteiger partial charge in [-0.2, -0.15) is 0 Å². The van der Waals surface area contributed by atoms with Crippen molar-refractivity contribution in [1.82, 2.24) is 4.90 Å². The maximum Gasteiger partial charge on any atom is 0.207 e. The van der Waals surface area contributed by atoms with Gasteiger partial charge in [-0.1, -0.05) is 13.0 Å². The second-order valence-corrected chi connectivity index (χ2v) is 8.56. The minimum absolute atomic E-state index is 0.0178. The lowest BCUT2D eigenvalue weighted by molar-refractivity contribution is -0.283. The van der Waals surface area contributed by atoms with Crippen LogP contribution in [0.15, 0.2) is 12.1 Å². The summed E-state index contributed by atoms with van der Waals surface area (Å²) >= 11 is 0. The summed E-state index contributed by atoms with van der Waals surface area (Å²) in [6.45, 7) is 6.27. The average molecular weight is 375 g/mol. The first-order valence-electron chi connectivity index (χ1n) is 9.99. The molecule has 5 rings (SSSR count). The van der Waals surface area contributed by atoms with E-state index in [0.717, 1.165) is 24.3 Å². The molecule has 2 heterocycles. The van der Waals surface area contributed by atoms with E-state index in [2.05, 4.69) is 31.9 Å². The van der Waals surface area contributed by atoms with Crippen molar-refractivity contribution in [2.75, 3.05) is 33.9 Å². The number of aliphatic hydroxyl groups is 1. The van der Waals surface area contributed by atoms with Crippen molar-refractivity contribution >= 4 is 0 Å². The SMILES string of the molecule is CCN(C)[C@@H]1Cc2ccc(OC)c3c2[C@@]2(C)[C@@H](O3)C3(CC[C@@]12O)OCCO3. The summed E-state index contributed by atoms with van der Waals surface area (Å²) in [5, 5.41) is 12.2. The molecule has 0 aromatic heterocycles. The van der Waals surface area contributed by atoms with Crippen LogP contribution in [0, 0.1) is 0 Å². The monoisotopic (exact) mass is 375 g/mol. The number of hydrogen-bond acceptors (Lipinski definition) is 6. The largest absolute Gasteiger partial charge is 0.493 e. The zero-order valence-electron chi connectivity index (χ0n) is 16.6. The number of ether oxygens (including phenoxy) is 4. The van der Waals surface area contributed by atoms with Gasteiger partial charge < -0.3 is 29.0 Å². The molecular weight excluding hydrogens is 346 g/mol. The Morgan fingerprint density at radius 2 is 2.00 bits per heavy atom. The minimum Gasteiger partial charge on any atom is -0.493 e. The third-order valence-corrected chi connectivity index (χ3v) is 7.63. The Labute approximate surface area is 160 Å². The van der Waals surface area contributed by atoms with Crippen molar-refractivity contribution < 1.29 is 24.1 Å². The molecule has 1 saturated heterocycles. The van der Waals surface area contributed by atoms with Gasteiger partial charge in [-0.25, -0.2) is 0 Å².